The minimum Gasteiger partial charge on any atom is -0.353 e. The van der Waals surface area contributed by atoms with Crippen molar-refractivity contribution in [1.82, 2.24) is 10.2 Å². The minimum atomic E-state index is 0.0127. The lowest BCUT2D eigenvalue weighted by molar-refractivity contribution is -0.131. The van der Waals surface area contributed by atoms with E-state index in [9.17, 15) is 4.79 Å². The van der Waals surface area contributed by atoms with Crippen molar-refractivity contribution < 1.29 is 4.79 Å². The summed E-state index contributed by atoms with van der Waals surface area (Å²) >= 11 is 0. The summed E-state index contributed by atoms with van der Waals surface area (Å²) in [4.78, 5) is 13.5. The highest BCUT2D eigenvalue weighted by Crippen LogP contribution is 2.18. The zero-order valence-electron chi connectivity index (χ0n) is 8.35. The first-order valence-electron chi connectivity index (χ1n) is 4.47. The number of carbonyl (C=O) groups is 1. The first kappa shape index (κ1) is 9.52. The molecule has 0 bridgehead atoms. The summed E-state index contributed by atoms with van der Waals surface area (Å²) in [5.41, 5.74) is 0.0944. The first-order chi connectivity index (χ1) is 5.43. The smallest absolute Gasteiger partial charge is 0.237 e. The molecule has 3 heteroatoms. The number of hydrogen-bond acceptors (Lipinski definition) is 2. The molecule has 0 spiro atoms. The molecule has 0 radical (unpaired) electrons. The molecule has 0 aromatic rings. The molecule has 0 aliphatic carbocycles. The van der Waals surface area contributed by atoms with Gasteiger partial charge in [-0.25, -0.2) is 0 Å². The van der Waals surface area contributed by atoms with E-state index in [0.29, 0.717) is 0 Å². The summed E-state index contributed by atoms with van der Waals surface area (Å²) in [5, 5.41) is 2.85. The number of amides is 1. The van der Waals surface area contributed by atoms with Gasteiger partial charge in [0.2, 0.25) is 5.91 Å². The molecule has 1 amide bonds. The maximum Gasteiger partial charge on any atom is 0.237 e. The number of hydrogen-bond donors (Lipinski definition) is 1. The van der Waals surface area contributed by atoms with E-state index >= 15 is 0 Å². The second kappa shape index (κ2) is 3.05. The number of piperazine rings is 1. The Labute approximate surface area is 74.1 Å². The van der Waals surface area contributed by atoms with Crippen LogP contribution in [0, 0.1) is 0 Å². The molecular weight excluding hydrogens is 152 g/mol. The molecule has 1 aliphatic heterocycles. The molecule has 12 heavy (non-hydrogen) atoms. The van der Waals surface area contributed by atoms with Gasteiger partial charge >= 0.3 is 0 Å². The van der Waals surface area contributed by atoms with E-state index in [1.54, 1.807) is 0 Å². The van der Waals surface area contributed by atoms with Gasteiger partial charge in [-0.1, -0.05) is 0 Å². The largest absolute Gasteiger partial charge is 0.353 e. The molecule has 1 fully saturated rings. The quantitative estimate of drug-likeness (QED) is 0.577. The van der Waals surface area contributed by atoms with Crippen molar-refractivity contribution in [2.75, 3.05) is 13.1 Å². The molecule has 1 saturated heterocycles. The number of rotatable bonds is 0. The maximum absolute atomic E-state index is 11.3. The monoisotopic (exact) mass is 170 g/mol. The Balaban J connectivity index is 2.70. The first-order valence-corrected chi connectivity index (χ1v) is 4.47. The third-order valence-corrected chi connectivity index (χ3v) is 2.36. The third-order valence-electron chi connectivity index (χ3n) is 2.36. The van der Waals surface area contributed by atoms with Crippen molar-refractivity contribution >= 4 is 5.91 Å². The Kier molecular flexibility index (Phi) is 2.42. The van der Waals surface area contributed by atoms with Crippen LogP contribution < -0.4 is 5.32 Å². The highest BCUT2D eigenvalue weighted by Gasteiger charge is 2.32. The number of carbonyl (C=O) groups excluding carboxylic acids is 1. The van der Waals surface area contributed by atoms with Gasteiger partial charge in [0.1, 0.15) is 0 Å². The van der Waals surface area contributed by atoms with Gasteiger partial charge in [0.15, 0.2) is 0 Å². The van der Waals surface area contributed by atoms with E-state index in [4.69, 9.17) is 0 Å². The van der Waals surface area contributed by atoms with E-state index in [1.807, 2.05) is 6.92 Å². The molecule has 1 rings (SSSR count). The third kappa shape index (κ3) is 1.78. The molecule has 1 atom stereocenters. The van der Waals surface area contributed by atoms with Gasteiger partial charge in [-0.05, 0) is 27.7 Å². The summed E-state index contributed by atoms with van der Waals surface area (Å²) in [6.07, 6.45) is 0. The molecule has 0 aromatic heterocycles. The van der Waals surface area contributed by atoms with Crippen molar-refractivity contribution in [3.05, 3.63) is 0 Å². The highest BCUT2D eigenvalue weighted by molar-refractivity contribution is 5.82. The molecular formula is C9H18N2O. The highest BCUT2D eigenvalue weighted by atomic mass is 16.2. The normalized spacial score (nSPS) is 27.0. The lowest BCUT2D eigenvalue weighted by Gasteiger charge is -2.42. The summed E-state index contributed by atoms with van der Waals surface area (Å²) in [6, 6.07) is 0.0127. The SMILES string of the molecule is CC1C(=O)NCCN1C(C)(C)C. The van der Waals surface area contributed by atoms with Crippen LogP contribution in [0.2, 0.25) is 0 Å². The van der Waals surface area contributed by atoms with Crippen LogP contribution in [0.3, 0.4) is 0 Å². The Morgan fingerprint density at radius 3 is 2.50 bits per heavy atom. The van der Waals surface area contributed by atoms with Crippen LogP contribution >= 0.6 is 0 Å². The van der Waals surface area contributed by atoms with Gasteiger partial charge in [0, 0.05) is 18.6 Å². The average Bonchev–Trinajstić information content (AvgIpc) is 1.92. The van der Waals surface area contributed by atoms with Gasteiger partial charge in [-0.15, -0.1) is 0 Å². The predicted molar refractivity (Wildman–Crippen MR) is 48.9 cm³/mol. The Morgan fingerprint density at radius 2 is 2.08 bits per heavy atom. The Morgan fingerprint density at radius 1 is 1.50 bits per heavy atom. The van der Waals surface area contributed by atoms with Gasteiger partial charge < -0.3 is 5.32 Å². The van der Waals surface area contributed by atoms with Crippen molar-refractivity contribution in [2.24, 2.45) is 0 Å². The van der Waals surface area contributed by atoms with E-state index in [0.717, 1.165) is 13.1 Å². The standard InChI is InChI=1S/C9H18N2O/c1-7-8(12)10-5-6-11(7)9(2,3)4/h7H,5-6H2,1-4H3,(H,10,12). The summed E-state index contributed by atoms with van der Waals surface area (Å²) < 4.78 is 0. The topological polar surface area (TPSA) is 32.3 Å². The average molecular weight is 170 g/mol. The van der Waals surface area contributed by atoms with Crippen molar-refractivity contribution in [2.45, 2.75) is 39.3 Å². The van der Waals surface area contributed by atoms with Crippen LogP contribution in [-0.2, 0) is 4.79 Å². The Hall–Kier alpha value is -0.570. The van der Waals surface area contributed by atoms with E-state index < -0.39 is 0 Å². The summed E-state index contributed by atoms with van der Waals surface area (Å²) in [6.45, 7) is 10.1. The van der Waals surface area contributed by atoms with Crippen molar-refractivity contribution in [3.63, 3.8) is 0 Å². The maximum atomic E-state index is 11.3. The van der Waals surface area contributed by atoms with Crippen LogP contribution in [0.5, 0.6) is 0 Å². The van der Waals surface area contributed by atoms with Crippen LogP contribution in [0.15, 0.2) is 0 Å². The fourth-order valence-corrected chi connectivity index (χ4v) is 1.70. The van der Waals surface area contributed by atoms with Crippen molar-refractivity contribution in [1.29, 1.82) is 0 Å². The molecule has 1 heterocycles. The van der Waals surface area contributed by atoms with E-state index in [2.05, 4.69) is 31.0 Å². The van der Waals surface area contributed by atoms with Crippen LogP contribution in [0.4, 0.5) is 0 Å². The number of nitrogens with one attached hydrogen (secondary N) is 1. The molecule has 1 unspecified atom stereocenters. The fraction of sp³-hybridized carbons (Fsp3) is 0.889. The van der Waals surface area contributed by atoms with E-state index in [-0.39, 0.29) is 17.5 Å². The fourth-order valence-electron chi connectivity index (χ4n) is 1.70. The van der Waals surface area contributed by atoms with Crippen LogP contribution in [0.25, 0.3) is 0 Å². The summed E-state index contributed by atoms with van der Waals surface area (Å²) in [5.74, 6) is 0.149. The molecule has 0 saturated carbocycles. The van der Waals surface area contributed by atoms with Gasteiger partial charge in [0.05, 0.1) is 6.04 Å². The van der Waals surface area contributed by atoms with Gasteiger partial charge in [-0.2, -0.15) is 0 Å². The molecule has 3 nitrogen and oxygen atoms in total. The zero-order chi connectivity index (χ0) is 9.35. The molecule has 1 N–H and O–H groups in total. The minimum absolute atomic E-state index is 0.0127. The predicted octanol–water partition coefficient (Wildman–Crippen LogP) is 0.605. The lowest BCUT2D eigenvalue weighted by atomic mass is 10.0. The van der Waals surface area contributed by atoms with Crippen LogP contribution in [0.1, 0.15) is 27.7 Å². The molecule has 1 aliphatic rings. The van der Waals surface area contributed by atoms with Crippen molar-refractivity contribution in [3.8, 4) is 0 Å². The zero-order valence-corrected chi connectivity index (χ0v) is 8.35. The second-order valence-electron chi connectivity index (χ2n) is 4.33. The van der Waals surface area contributed by atoms with Crippen LogP contribution in [-0.4, -0.2) is 35.5 Å². The lowest BCUT2D eigenvalue weighted by Crippen LogP contribution is -2.59. The molecule has 70 valence electrons. The summed E-state index contributed by atoms with van der Waals surface area (Å²) in [7, 11) is 0. The van der Waals surface area contributed by atoms with Gasteiger partial charge in [0.25, 0.3) is 0 Å². The Bertz CT molecular complexity index is 183. The molecule has 0 aromatic carbocycles. The van der Waals surface area contributed by atoms with Gasteiger partial charge in [-0.3, -0.25) is 9.69 Å². The number of nitrogens with zero attached hydrogens (tertiary/aromatic N) is 1. The van der Waals surface area contributed by atoms with E-state index in [1.165, 1.54) is 0 Å². The second-order valence-corrected chi connectivity index (χ2v) is 4.33.